The molecular formula is C22H29NO3. The zero-order valence-corrected chi connectivity index (χ0v) is 16.6. The topological polar surface area (TPSA) is 47.6 Å². The minimum absolute atomic E-state index is 0.116. The molecule has 0 aliphatic carbocycles. The minimum atomic E-state index is -0.572. The second-order valence-corrected chi connectivity index (χ2v) is 7.00. The van der Waals surface area contributed by atoms with Crippen LogP contribution in [0.4, 0.5) is 0 Å². The van der Waals surface area contributed by atoms with E-state index in [0.717, 1.165) is 28.2 Å². The summed E-state index contributed by atoms with van der Waals surface area (Å²) in [5.41, 5.74) is 4.53. The SMILES string of the molecule is Cc1ccc(OCC(C)NC(=O)C(C)Oc2cc(C)cc(C)c2C)cc1. The van der Waals surface area contributed by atoms with E-state index in [1.54, 1.807) is 6.92 Å². The van der Waals surface area contributed by atoms with Gasteiger partial charge in [0.05, 0.1) is 6.04 Å². The Balaban J connectivity index is 1.87. The molecule has 2 atom stereocenters. The molecule has 4 nitrogen and oxygen atoms in total. The van der Waals surface area contributed by atoms with Gasteiger partial charge < -0.3 is 14.8 Å². The van der Waals surface area contributed by atoms with Crippen LogP contribution in [-0.4, -0.2) is 24.7 Å². The highest BCUT2D eigenvalue weighted by molar-refractivity contribution is 5.81. The van der Waals surface area contributed by atoms with Gasteiger partial charge in [0.2, 0.25) is 0 Å². The number of carbonyl (C=O) groups is 1. The zero-order chi connectivity index (χ0) is 19.3. The van der Waals surface area contributed by atoms with E-state index >= 15 is 0 Å². The average molecular weight is 355 g/mol. The maximum Gasteiger partial charge on any atom is 0.261 e. The summed E-state index contributed by atoms with van der Waals surface area (Å²) in [6.45, 7) is 12.2. The maximum absolute atomic E-state index is 12.4. The summed E-state index contributed by atoms with van der Waals surface area (Å²) < 4.78 is 11.6. The third-order valence-corrected chi connectivity index (χ3v) is 4.35. The summed E-state index contributed by atoms with van der Waals surface area (Å²) in [4.78, 5) is 12.4. The van der Waals surface area contributed by atoms with Crippen LogP contribution in [0.15, 0.2) is 36.4 Å². The van der Waals surface area contributed by atoms with Crippen molar-refractivity contribution >= 4 is 5.91 Å². The van der Waals surface area contributed by atoms with Gasteiger partial charge in [-0.15, -0.1) is 0 Å². The van der Waals surface area contributed by atoms with E-state index in [0.29, 0.717) is 6.61 Å². The Morgan fingerprint density at radius 2 is 1.65 bits per heavy atom. The van der Waals surface area contributed by atoms with Gasteiger partial charge in [-0.25, -0.2) is 0 Å². The molecular weight excluding hydrogens is 326 g/mol. The van der Waals surface area contributed by atoms with Gasteiger partial charge in [-0.1, -0.05) is 23.8 Å². The molecule has 0 aromatic heterocycles. The lowest BCUT2D eigenvalue weighted by Crippen LogP contribution is -2.43. The molecule has 2 aromatic rings. The number of aryl methyl sites for hydroxylation is 3. The molecule has 0 aliphatic rings. The van der Waals surface area contributed by atoms with Gasteiger partial charge in [0.15, 0.2) is 6.10 Å². The Labute approximate surface area is 156 Å². The van der Waals surface area contributed by atoms with E-state index in [4.69, 9.17) is 9.47 Å². The van der Waals surface area contributed by atoms with Crippen LogP contribution in [0.1, 0.15) is 36.1 Å². The quantitative estimate of drug-likeness (QED) is 0.807. The van der Waals surface area contributed by atoms with Crippen molar-refractivity contribution in [3.8, 4) is 11.5 Å². The van der Waals surface area contributed by atoms with Crippen LogP contribution in [0.2, 0.25) is 0 Å². The van der Waals surface area contributed by atoms with Crippen molar-refractivity contribution in [3.05, 3.63) is 58.7 Å². The second kappa shape index (κ2) is 8.75. The summed E-state index contributed by atoms with van der Waals surface area (Å²) in [6.07, 6.45) is -0.572. The van der Waals surface area contributed by atoms with E-state index in [1.165, 1.54) is 5.56 Å². The lowest BCUT2D eigenvalue weighted by atomic mass is 10.1. The first-order valence-electron chi connectivity index (χ1n) is 9.00. The van der Waals surface area contributed by atoms with Crippen molar-refractivity contribution in [1.29, 1.82) is 0 Å². The van der Waals surface area contributed by atoms with E-state index < -0.39 is 6.10 Å². The van der Waals surface area contributed by atoms with Crippen LogP contribution in [0.3, 0.4) is 0 Å². The number of carbonyl (C=O) groups excluding carboxylic acids is 1. The highest BCUT2D eigenvalue weighted by Crippen LogP contribution is 2.24. The molecule has 2 unspecified atom stereocenters. The largest absolute Gasteiger partial charge is 0.491 e. The summed E-state index contributed by atoms with van der Waals surface area (Å²) in [5, 5.41) is 2.94. The van der Waals surface area contributed by atoms with Crippen LogP contribution >= 0.6 is 0 Å². The van der Waals surface area contributed by atoms with Crippen LogP contribution in [0.25, 0.3) is 0 Å². The summed E-state index contributed by atoms with van der Waals surface area (Å²) >= 11 is 0. The Kier molecular flexibility index (Phi) is 6.67. The molecule has 2 rings (SSSR count). The first kappa shape index (κ1) is 19.8. The van der Waals surface area contributed by atoms with Crippen molar-refractivity contribution in [2.24, 2.45) is 0 Å². The van der Waals surface area contributed by atoms with Gasteiger partial charge >= 0.3 is 0 Å². The number of benzene rings is 2. The number of hydrogen-bond acceptors (Lipinski definition) is 3. The van der Waals surface area contributed by atoms with Gasteiger partial charge in [-0.2, -0.15) is 0 Å². The number of rotatable bonds is 7. The summed E-state index contributed by atoms with van der Waals surface area (Å²) in [6, 6.07) is 11.8. The molecule has 0 saturated heterocycles. The molecule has 0 aliphatic heterocycles. The molecule has 0 radical (unpaired) electrons. The summed E-state index contributed by atoms with van der Waals surface area (Å²) in [5.74, 6) is 1.41. The zero-order valence-electron chi connectivity index (χ0n) is 16.6. The normalized spacial score (nSPS) is 13.0. The predicted octanol–water partition coefficient (Wildman–Crippen LogP) is 4.27. The number of hydrogen-bond donors (Lipinski definition) is 1. The Morgan fingerprint density at radius 3 is 2.31 bits per heavy atom. The Hall–Kier alpha value is -2.49. The predicted molar refractivity (Wildman–Crippen MR) is 105 cm³/mol. The van der Waals surface area contributed by atoms with Gasteiger partial charge in [0, 0.05) is 0 Å². The number of nitrogens with one attached hydrogen (secondary N) is 1. The first-order chi connectivity index (χ1) is 12.3. The van der Waals surface area contributed by atoms with Crippen molar-refractivity contribution in [3.63, 3.8) is 0 Å². The standard InChI is InChI=1S/C22H29NO3/c1-14-7-9-20(10-8-14)25-13-17(4)23-22(24)19(6)26-21-12-15(2)11-16(3)18(21)5/h7-12,17,19H,13H2,1-6H3,(H,23,24). The molecule has 26 heavy (non-hydrogen) atoms. The van der Waals surface area contributed by atoms with Crippen molar-refractivity contribution in [2.75, 3.05) is 6.61 Å². The highest BCUT2D eigenvalue weighted by atomic mass is 16.5. The Bertz CT molecular complexity index is 753. The Morgan fingerprint density at radius 1 is 1.00 bits per heavy atom. The molecule has 4 heteroatoms. The third-order valence-electron chi connectivity index (χ3n) is 4.35. The molecule has 140 valence electrons. The molecule has 1 amide bonds. The fraction of sp³-hybridized carbons (Fsp3) is 0.409. The molecule has 0 spiro atoms. The third kappa shape index (κ3) is 5.51. The van der Waals surface area contributed by atoms with Crippen molar-refractivity contribution < 1.29 is 14.3 Å². The first-order valence-corrected chi connectivity index (χ1v) is 9.00. The van der Waals surface area contributed by atoms with Gasteiger partial charge in [0.1, 0.15) is 18.1 Å². The molecule has 1 N–H and O–H groups in total. The second-order valence-electron chi connectivity index (χ2n) is 7.00. The van der Waals surface area contributed by atoms with Crippen LogP contribution in [-0.2, 0) is 4.79 Å². The smallest absolute Gasteiger partial charge is 0.261 e. The lowest BCUT2D eigenvalue weighted by molar-refractivity contribution is -0.128. The molecule has 0 heterocycles. The van der Waals surface area contributed by atoms with Crippen LogP contribution in [0, 0.1) is 27.7 Å². The van der Waals surface area contributed by atoms with E-state index in [2.05, 4.69) is 11.4 Å². The molecule has 0 fully saturated rings. The van der Waals surface area contributed by atoms with Gasteiger partial charge in [0.25, 0.3) is 5.91 Å². The average Bonchev–Trinajstić information content (AvgIpc) is 2.58. The fourth-order valence-corrected chi connectivity index (χ4v) is 2.62. The van der Waals surface area contributed by atoms with E-state index in [1.807, 2.05) is 65.0 Å². The maximum atomic E-state index is 12.4. The summed E-state index contributed by atoms with van der Waals surface area (Å²) in [7, 11) is 0. The molecule has 2 aromatic carbocycles. The van der Waals surface area contributed by atoms with Gasteiger partial charge in [-0.3, -0.25) is 4.79 Å². The number of ether oxygens (including phenoxy) is 2. The number of amides is 1. The highest BCUT2D eigenvalue weighted by Gasteiger charge is 2.18. The van der Waals surface area contributed by atoms with E-state index in [9.17, 15) is 4.79 Å². The van der Waals surface area contributed by atoms with Crippen molar-refractivity contribution in [2.45, 2.75) is 53.7 Å². The van der Waals surface area contributed by atoms with Crippen LogP contribution in [0.5, 0.6) is 11.5 Å². The fourth-order valence-electron chi connectivity index (χ4n) is 2.62. The van der Waals surface area contributed by atoms with E-state index in [-0.39, 0.29) is 11.9 Å². The molecule has 0 saturated carbocycles. The monoisotopic (exact) mass is 355 g/mol. The minimum Gasteiger partial charge on any atom is -0.491 e. The lowest BCUT2D eigenvalue weighted by Gasteiger charge is -2.20. The van der Waals surface area contributed by atoms with Gasteiger partial charge in [-0.05, 0) is 76.4 Å². The molecule has 0 bridgehead atoms. The van der Waals surface area contributed by atoms with Crippen LogP contribution < -0.4 is 14.8 Å². The van der Waals surface area contributed by atoms with Crippen molar-refractivity contribution in [1.82, 2.24) is 5.32 Å².